The lowest BCUT2D eigenvalue weighted by molar-refractivity contribution is -0.125. The molecule has 270 valence electrons. The summed E-state index contributed by atoms with van der Waals surface area (Å²) in [4.78, 5) is 43.8. The van der Waals surface area contributed by atoms with E-state index in [2.05, 4.69) is 20.8 Å². The van der Waals surface area contributed by atoms with Gasteiger partial charge in [0.2, 0.25) is 15.9 Å². The van der Waals surface area contributed by atoms with Crippen LogP contribution in [0.1, 0.15) is 62.8 Å². The van der Waals surface area contributed by atoms with Crippen LogP contribution in [0.4, 0.5) is 4.79 Å². The van der Waals surface area contributed by atoms with Crippen molar-refractivity contribution in [3.05, 3.63) is 101 Å². The predicted molar refractivity (Wildman–Crippen MR) is 192 cm³/mol. The minimum Gasteiger partial charge on any atom is -0.390 e. The van der Waals surface area contributed by atoms with Gasteiger partial charge in [-0.25, -0.2) is 13.2 Å². The number of aliphatic hydroxyl groups is 1. The second-order valence-electron chi connectivity index (χ2n) is 13.3. The molecule has 1 heterocycles. The van der Waals surface area contributed by atoms with Crippen molar-refractivity contribution in [1.82, 2.24) is 24.8 Å². The summed E-state index contributed by atoms with van der Waals surface area (Å²) in [5, 5.41) is 20.6. The number of pyridine rings is 1. The van der Waals surface area contributed by atoms with E-state index in [0.717, 1.165) is 31.2 Å². The maximum Gasteiger partial charge on any atom is 0.318 e. The Hall–Kier alpha value is -4.20. The smallest absolute Gasteiger partial charge is 0.318 e. The van der Waals surface area contributed by atoms with Crippen molar-refractivity contribution in [2.45, 2.75) is 88.5 Å². The Labute approximate surface area is 295 Å². The number of nitrogens with zero attached hydrogens (tertiary/aromatic N) is 4. The zero-order valence-corrected chi connectivity index (χ0v) is 30.0. The number of aromatic nitrogens is 1. The summed E-state index contributed by atoms with van der Waals surface area (Å²) in [6.07, 6.45) is 5.01. The van der Waals surface area contributed by atoms with Gasteiger partial charge in [0.1, 0.15) is 12.6 Å². The number of hydrogen-bond acceptors (Lipinski definition) is 8. The molecular weight excluding hydrogens is 657 g/mol. The van der Waals surface area contributed by atoms with E-state index in [-0.39, 0.29) is 49.3 Å². The van der Waals surface area contributed by atoms with Crippen molar-refractivity contribution >= 4 is 22.0 Å². The number of amides is 3. The van der Waals surface area contributed by atoms with Crippen molar-refractivity contribution in [1.29, 1.82) is 0 Å². The lowest BCUT2D eigenvalue weighted by Gasteiger charge is -2.33. The molecule has 3 N–H and O–H groups in total. The molecule has 4 atom stereocenters. The van der Waals surface area contributed by atoms with Gasteiger partial charge in [0.25, 0.3) is 0 Å². The predicted octanol–water partition coefficient (Wildman–Crippen LogP) is 4.87. The van der Waals surface area contributed by atoms with Gasteiger partial charge in [0, 0.05) is 26.3 Å². The molecule has 4 rings (SSSR count). The molecule has 0 radical (unpaired) electrons. The van der Waals surface area contributed by atoms with E-state index in [9.17, 15) is 28.0 Å². The van der Waals surface area contributed by atoms with E-state index >= 15 is 0 Å². The highest BCUT2D eigenvalue weighted by atomic mass is 32.2. The van der Waals surface area contributed by atoms with Gasteiger partial charge in [-0.15, -0.1) is 0 Å². The average molecular weight is 707 g/mol. The third-order valence-corrected chi connectivity index (χ3v) is 11.3. The van der Waals surface area contributed by atoms with E-state index in [4.69, 9.17) is 0 Å². The van der Waals surface area contributed by atoms with Crippen LogP contribution in [-0.2, 0) is 34.3 Å². The quantitative estimate of drug-likeness (QED) is 0.159. The van der Waals surface area contributed by atoms with Crippen molar-refractivity contribution in [2.75, 3.05) is 20.1 Å². The van der Waals surface area contributed by atoms with Crippen molar-refractivity contribution in [2.24, 2.45) is 17.0 Å². The minimum absolute atomic E-state index is 0.0513. The molecule has 0 aliphatic heterocycles. The summed E-state index contributed by atoms with van der Waals surface area (Å²) in [5.74, 6) is -0.567. The minimum atomic E-state index is -4.05. The number of carbonyl (C=O) groups is 2. The van der Waals surface area contributed by atoms with Gasteiger partial charge in [0.15, 0.2) is 0 Å². The molecule has 12 nitrogen and oxygen atoms in total. The van der Waals surface area contributed by atoms with Gasteiger partial charge in [-0.2, -0.15) is 9.21 Å². The third-order valence-electron chi connectivity index (χ3n) is 9.47. The molecule has 0 bridgehead atoms. The van der Waals surface area contributed by atoms with Crippen LogP contribution in [0.5, 0.6) is 0 Å². The summed E-state index contributed by atoms with van der Waals surface area (Å²) in [6, 6.07) is 18.6. The first-order valence-electron chi connectivity index (χ1n) is 17.3. The number of carbonyl (C=O) groups excluding carboxylic acids is 2. The first-order valence-corrected chi connectivity index (χ1v) is 18.8. The lowest BCUT2D eigenvalue weighted by Crippen LogP contribution is -2.58. The van der Waals surface area contributed by atoms with Gasteiger partial charge < -0.3 is 20.6 Å². The average Bonchev–Trinajstić information content (AvgIpc) is 3.64. The van der Waals surface area contributed by atoms with E-state index in [1.165, 1.54) is 21.3 Å². The third kappa shape index (κ3) is 10.9. The SMILES string of the molecule is CC[C@H](C)[C@H](NC(=O)N(C)Cc1ccccn1)C(=O)N[C@@H](Cc1ccccc1)[C@H](O)CN(CC1CCCC1)S(=O)(=O)c1ccc(CN=O)cc1. The van der Waals surface area contributed by atoms with Crippen LogP contribution in [0.3, 0.4) is 0 Å². The van der Waals surface area contributed by atoms with E-state index in [1.807, 2.05) is 56.3 Å². The second kappa shape index (κ2) is 18.7. The van der Waals surface area contributed by atoms with Crippen molar-refractivity contribution in [3.63, 3.8) is 0 Å². The molecule has 1 saturated carbocycles. The highest BCUT2D eigenvalue weighted by Gasteiger charge is 2.35. The molecule has 3 amide bonds. The summed E-state index contributed by atoms with van der Waals surface area (Å²) >= 11 is 0. The van der Waals surface area contributed by atoms with Gasteiger partial charge in [-0.1, -0.05) is 86.8 Å². The summed E-state index contributed by atoms with van der Waals surface area (Å²) < 4.78 is 29.5. The standard InChI is InChI=1S/C37H50N6O6S/c1-4-27(2)35(41-37(46)42(3)25-31-16-10-11-21-38-31)36(45)40-33(22-28-12-6-5-7-13-28)34(44)26-43(24-30-14-8-9-15-30)50(48,49)32-19-17-29(18-20-32)23-39-47/h5-7,10-13,16-21,27,30,33-35,44H,4,8-9,14-15,22-26H2,1-3H3,(H,40,45)(H,41,46)/t27-,33-,34+,35-/m0/s1. The number of aliphatic hydroxyl groups excluding tert-OH is 1. The van der Waals surface area contributed by atoms with Crippen LogP contribution in [0, 0.1) is 16.7 Å². The molecule has 0 spiro atoms. The summed E-state index contributed by atoms with van der Waals surface area (Å²) in [7, 11) is -2.42. The summed E-state index contributed by atoms with van der Waals surface area (Å²) in [5.41, 5.74) is 2.14. The fraction of sp³-hybridized carbons (Fsp3) is 0.486. The van der Waals surface area contributed by atoms with Crippen LogP contribution in [0.15, 0.2) is 89.1 Å². The largest absolute Gasteiger partial charge is 0.390 e. The molecule has 2 aromatic carbocycles. The zero-order chi connectivity index (χ0) is 36.1. The van der Waals surface area contributed by atoms with E-state index < -0.39 is 40.1 Å². The van der Waals surface area contributed by atoms with Gasteiger partial charge in [-0.3, -0.25) is 9.78 Å². The maximum absolute atomic E-state index is 14.1. The highest BCUT2D eigenvalue weighted by Crippen LogP contribution is 2.28. The van der Waals surface area contributed by atoms with E-state index in [0.29, 0.717) is 17.7 Å². The molecule has 3 aromatic rings. The van der Waals surface area contributed by atoms with Gasteiger partial charge >= 0.3 is 6.03 Å². The molecule has 0 saturated heterocycles. The topological polar surface area (TPSA) is 161 Å². The number of urea groups is 1. The van der Waals surface area contributed by atoms with Crippen LogP contribution in [0.25, 0.3) is 0 Å². The molecular formula is C37H50N6O6S. The Morgan fingerprint density at radius 3 is 2.28 bits per heavy atom. The molecule has 1 aliphatic carbocycles. The molecule has 1 aliphatic rings. The van der Waals surface area contributed by atoms with Gasteiger partial charge in [0.05, 0.1) is 29.3 Å². The normalized spacial score (nSPS) is 15.9. The number of rotatable bonds is 18. The Bertz CT molecular complexity index is 1620. The van der Waals surface area contributed by atoms with Crippen LogP contribution >= 0.6 is 0 Å². The molecule has 13 heteroatoms. The monoisotopic (exact) mass is 706 g/mol. The molecule has 0 unspecified atom stereocenters. The van der Waals surface area contributed by atoms with Crippen LogP contribution in [-0.4, -0.2) is 78.0 Å². The van der Waals surface area contributed by atoms with Crippen molar-refractivity contribution in [3.8, 4) is 0 Å². The second-order valence-corrected chi connectivity index (χ2v) is 15.2. The first-order chi connectivity index (χ1) is 24.0. The Morgan fingerprint density at radius 2 is 1.66 bits per heavy atom. The Kier molecular flexibility index (Phi) is 14.4. The van der Waals surface area contributed by atoms with Crippen molar-refractivity contribution < 1.29 is 23.1 Å². The molecule has 1 fully saturated rings. The van der Waals surface area contributed by atoms with E-state index in [1.54, 1.807) is 31.4 Å². The zero-order valence-electron chi connectivity index (χ0n) is 29.1. The van der Waals surface area contributed by atoms with Crippen LogP contribution < -0.4 is 10.6 Å². The van der Waals surface area contributed by atoms with Crippen LogP contribution in [0.2, 0.25) is 0 Å². The number of hydrogen-bond donors (Lipinski definition) is 3. The number of nitroso groups, excluding NO2 is 1. The molecule has 1 aromatic heterocycles. The first kappa shape index (κ1) is 38.6. The number of nitrogens with one attached hydrogen (secondary N) is 2. The number of benzene rings is 2. The maximum atomic E-state index is 14.1. The number of sulfonamides is 1. The fourth-order valence-electron chi connectivity index (χ4n) is 6.25. The summed E-state index contributed by atoms with van der Waals surface area (Å²) in [6.45, 7) is 3.97. The van der Waals surface area contributed by atoms with Gasteiger partial charge in [-0.05, 0) is 66.5 Å². The molecule has 50 heavy (non-hydrogen) atoms. The fourth-order valence-corrected chi connectivity index (χ4v) is 7.79. The lowest BCUT2D eigenvalue weighted by atomic mass is 9.96. The highest BCUT2D eigenvalue weighted by molar-refractivity contribution is 7.89. The Morgan fingerprint density at radius 1 is 0.980 bits per heavy atom. The Balaban J connectivity index is 1.57.